The number of benzene rings is 4. The van der Waals surface area contributed by atoms with E-state index in [4.69, 9.17) is 26.8 Å². The molecular weight excluding hydrogens is 530 g/mol. The standard InChI is InChI=1S/C32H17F4N5/c33-25-23(26(34)28(36)31(40)27(25)35)17-9-11-18(12-10-17)32-21-13-20(16-7-5-15(14-37)6-8-16)29(38)30(39)24(21)19-3-1-2-4-22(19)41-32/h1-13,38-39H,40H2. The van der Waals surface area contributed by atoms with E-state index in [0.717, 1.165) is 0 Å². The lowest BCUT2D eigenvalue weighted by Gasteiger charge is -2.23. The van der Waals surface area contributed by atoms with Crippen LogP contribution in [0.4, 0.5) is 23.2 Å². The molecule has 4 N–H and O–H groups in total. The molecule has 6 rings (SSSR count). The molecule has 0 spiro atoms. The molecule has 0 fully saturated rings. The largest absolute Gasteiger partial charge is 0.394 e. The van der Waals surface area contributed by atoms with Gasteiger partial charge in [-0.3, -0.25) is 10.8 Å². The fourth-order valence-electron chi connectivity index (χ4n) is 4.98. The quantitative estimate of drug-likeness (QED) is 0.123. The van der Waals surface area contributed by atoms with E-state index in [2.05, 4.69) is 6.07 Å². The second-order valence-corrected chi connectivity index (χ2v) is 9.39. The molecule has 0 aliphatic heterocycles. The number of para-hydroxylation sites is 1. The molecule has 198 valence electrons. The first-order valence-corrected chi connectivity index (χ1v) is 12.3. The van der Waals surface area contributed by atoms with Crippen LogP contribution in [0.2, 0.25) is 0 Å². The average molecular weight is 548 g/mol. The van der Waals surface area contributed by atoms with Gasteiger partial charge in [-0.1, -0.05) is 54.6 Å². The van der Waals surface area contributed by atoms with Crippen molar-refractivity contribution in [2.75, 3.05) is 5.73 Å². The van der Waals surface area contributed by atoms with E-state index in [0.29, 0.717) is 50.0 Å². The van der Waals surface area contributed by atoms with Crippen LogP contribution in [0.1, 0.15) is 22.3 Å². The first-order valence-electron chi connectivity index (χ1n) is 12.3. The molecule has 41 heavy (non-hydrogen) atoms. The third-order valence-electron chi connectivity index (χ3n) is 7.06. The van der Waals surface area contributed by atoms with Crippen LogP contribution in [-0.4, -0.2) is 16.4 Å². The van der Waals surface area contributed by atoms with Crippen LogP contribution in [-0.2, 0) is 0 Å². The molecule has 0 amide bonds. The van der Waals surface area contributed by atoms with Gasteiger partial charge in [0.2, 0.25) is 0 Å². The van der Waals surface area contributed by atoms with Crippen molar-refractivity contribution in [3.63, 3.8) is 0 Å². The zero-order valence-corrected chi connectivity index (χ0v) is 21.0. The van der Waals surface area contributed by atoms with E-state index in [1.165, 1.54) is 24.3 Å². The summed E-state index contributed by atoms with van der Waals surface area (Å²) in [6.45, 7) is 0. The number of nitrogens with zero attached hydrogens (tertiary/aromatic N) is 2. The van der Waals surface area contributed by atoms with Gasteiger partial charge >= 0.3 is 0 Å². The Balaban J connectivity index is 1.56. The lowest BCUT2D eigenvalue weighted by molar-refractivity contribution is 0.464. The minimum Gasteiger partial charge on any atom is -0.394 e. The molecule has 9 heteroatoms. The molecule has 1 aliphatic carbocycles. The average Bonchev–Trinajstić information content (AvgIpc) is 3.00. The first kappa shape index (κ1) is 25.6. The molecule has 1 aromatic heterocycles. The highest BCUT2D eigenvalue weighted by Crippen LogP contribution is 2.39. The molecule has 0 bridgehead atoms. The SMILES string of the molecule is N#Cc1ccc(C2=Cc3c(-c4ccc(-c5c(F)c(F)c(N)c(F)c5F)cc4)nc4ccccc4c3C(=N)C2=N)cc1. The number of hydrogen-bond donors (Lipinski definition) is 3. The van der Waals surface area contributed by atoms with Gasteiger partial charge in [0.25, 0.3) is 0 Å². The summed E-state index contributed by atoms with van der Waals surface area (Å²) in [4.78, 5) is 4.81. The lowest BCUT2D eigenvalue weighted by Crippen LogP contribution is -2.21. The van der Waals surface area contributed by atoms with Crippen molar-refractivity contribution in [2.24, 2.45) is 0 Å². The van der Waals surface area contributed by atoms with Gasteiger partial charge in [0, 0.05) is 27.6 Å². The van der Waals surface area contributed by atoms with Gasteiger partial charge in [-0.15, -0.1) is 0 Å². The Labute approximate surface area is 230 Å². The smallest absolute Gasteiger partial charge is 0.185 e. The summed E-state index contributed by atoms with van der Waals surface area (Å²) in [6, 6.07) is 21.6. The van der Waals surface area contributed by atoms with Crippen LogP contribution in [0.15, 0.2) is 72.8 Å². The summed E-state index contributed by atoms with van der Waals surface area (Å²) in [6.07, 6.45) is 1.75. The normalized spacial score (nSPS) is 12.7. The molecule has 0 saturated heterocycles. The summed E-state index contributed by atoms with van der Waals surface area (Å²) in [5.41, 5.74) is 7.00. The Morgan fingerprint density at radius 1 is 0.683 bits per heavy atom. The van der Waals surface area contributed by atoms with Crippen molar-refractivity contribution >= 4 is 39.7 Å². The molecule has 0 unspecified atom stereocenters. The summed E-state index contributed by atoms with van der Waals surface area (Å²) >= 11 is 0. The van der Waals surface area contributed by atoms with Gasteiger partial charge < -0.3 is 5.73 Å². The zero-order valence-electron chi connectivity index (χ0n) is 21.0. The number of hydrogen-bond acceptors (Lipinski definition) is 5. The number of rotatable bonds is 3. The molecule has 5 nitrogen and oxygen atoms in total. The van der Waals surface area contributed by atoms with Crippen molar-refractivity contribution in [3.05, 3.63) is 118 Å². The first-order chi connectivity index (χ1) is 19.7. The highest BCUT2D eigenvalue weighted by atomic mass is 19.2. The van der Waals surface area contributed by atoms with Gasteiger partial charge in [0.05, 0.1) is 39.8 Å². The Morgan fingerprint density at radius 2 is 1.27 bits per heavy atom. The number of halogens is 4. The van der Waals surface area contributed by atoms with Gasteiger partial charge in [-0.2, -0.15) is 5.26 Å². The fraction of sp³-hybridized carbons (Fsp3) is 0. The second-order valence-electron chi connectivity index (χ2n) is 9.39. The molecule has 4 aromatic carbocycles. The van der Waals surface area contributed by atoms with Gasteiger partial charge in [0.15, 0.2) is 23.3 Å². The van der Waals surface area contributed by atoms with E-state index in [-0.39, 0.29) is 17.0 Å². The van der Waals surface area contributed by atoms with Crippen molar-refractivity contribution < 1.29 is 17.6 Å². The maximum Gasteiger partial charge on any atom is 0.185 e. The number of nitrogens with two attached hydrogens (primary N) is 1. The topological polar surface area (TPSA) is 110 Å². The summed E-state index contributed by atoms with van der Waals surface area (Å²) < 4.78 is 57.4. The third-order valence-corrected chi connectivity index (χ3v) is 7.06. The van der Waals surface area contributed by atoms with Gasteiger partial charge in [-0.25, -0.2) is 22.5 Å². The van der Waals surface area contributed by atoms with Crippen LogP contribution >= 0.6 is 0 Å². The summed E-state index contributed by atoms with van der Waals surface area (Å²) in [5.74, 6) is -6.54. The molecule has 1 aliphatic rings. The highest BCUT2D eigenvalue weighted by Gasteiger charge is 2.28. The predicted octanol–water partition coefficient (Wildman–Crippen LogP) is 7.52. The third kappa shape index (κ3) is 3.96. The Bertz CT molecular complexity index is 1990. The fourth-order valence-corrected chi connectivity index (χ4v) is 4.98. The van der Waals surface area contributed by atoms with Crippen molar-refractivity contribution in [1.82, 2.24) is 4.98 Å². The lowest BCUT2D eigenvalue weighted by atomic mass is 9.82. The number of allylic oxidation sites excluding steroid dienone is 1. The number of nitrogen functional groups attached to an aromatic ring is 1. The van der Waals surface area contributed by atoms with Gasteiger partial charge in [0.1, 0.15) is 5.69 Å². The van der Waals surface area contributed by atoms with E-state index < -0.39 is 34.5 Å². The predicted molar refractivity (Wildman–Crippen MR) is 150 cm³/mol. The van der Waals surface area contributed by atoms with Gasteiger partial charge in [-0.05, 0) is 35.4 Å². The molecule has 1 heterocycles. The van der Waals surface area contributed by atoms with E-state index in [9.17, 15) is 17.6 Å². The van der Waals surface area contributed by atoms with Crippen LogP contribution in [0.25, 0.3) is 44.9 Å². The van der Waals surface area contributed by atoms with Crippen LogP contribution < -0.4 is 5.73 Å². The van der Waals surface area contributed by atoms with Crippen LogP contribution in [0, 0.1) is 45.4 Å². The Hall–Kier alpha value is -5.62. The molecule has 0 radical (unpaired) electrons. The maximum absolute atomic E-state index is 14.6. The number of nitrogens with one attached hydrogen (secondary N) is 2. The number of nitriles is 1. The second kappa shape index (κ2) is 9.54. The van der Waals surface area contributed by atoms with E-state index in [1.54, 1.807) is 42.5 Å². The molecular formula is C32H17F4N5. The number of anilines is 1. The van der Waals surface area contributed by atoms with Crippen molar-refractivity contribution in [1.29, 1.82) is 16.1 Å². The summed E-state index contributed by atoms with van der Waals surface area (Å²) in [7, 11) is 0. The van der Waals surface area contributed by atoms with Crippen LogP contribution in [0.3, 0.4) is 0 Å². The summed E-state index contributed by atoms with van der Waals surface area (Å²) in [5, 5.41) is 27.5. The number of fused-ring (bicyclic) bond motifs is 3. The molecule has 0 saturated carbocycles. The Morgan fingerprint density at radius 3 is 1.90 bits per heavy atom. The zero-order chi connectivity index (χ0) is 29.0. The minimum atomic E-state index is -1.67. The van der Waals surface area contributed by atoms with E-state index in [1.807, 2.05) is 12.1 Å². The van der Waals surface area contributed by atoms with Crippen molar-refractivity contribution in [3.8, 4) is 28.5 Å². The number of pyridine rings is 1. The van der Waals surface area contributed by atoms with Crippen molar-refractivity contribution in [2.45, 2.75) is 0 Å². The van der Waals surface area contributed by atoms with Crippen LogP contribution in [0.5, 0.6) is 0 Å². The van der Waals surface area contributed by atoms with E-state index >= 15 is 0 Å². The molecule has 5 aromatic rings. The molecule has 0 atom stereocenters. The maximum atomic E-state index is 14.6. The Kier molecular flexibility index (Phi) is 5.97. The monoisotopic (exact) mass is 547 g/mol. The minimum absolute atomic E-state index is 0.00165. The highest BCUT2D eigenvalue weighted by molar-refractivity contribution is 6.64. The number of aromatic nitrogens is 1.